The van der Waals surface area contributed by atoms with E-state index < -0.39 is 0 Å². The summed E-state index contributed by atoms with van der Waals surface area (Å²) in [5.74, 6) is 1.29. The largest absolute Gasteiger partial charge is 0.473 e. The molecule has 872 valence electrons. The Morgan fingerprint density at radius 3 is 0.641 bits per heavy atom. The normalized spacial score (nSPS) is 15.4. The molecule has 0 unspecified atom stereocenters. The Kier molecular flexibility index (Phi) is 128. The molecule has 22 nitrogen and oxygen atoms in total. The van der Waals surface area contributed by atoms with Gasteiger partial charge < -0.3 is 79.7 Å². The number of allylic oxidation sites excluding steroid dienone is 1. The second-order valence-corrected chi connectivity index (χ2v) is 57.3. The van der Waals surface area contributed by atoms with Crippen LogP contribution in [0.5, 0.6) is 0 Å². The van der Waals surface area contributed by atoms with Gasteiger partial charge in [0, 0.05) is 142 Å². The minimum Gasteiger partial charge on any atom is -0.473 e. The molecule has 1 saturated carbocycles. The molecule has 9 fully saturated rings. The molecule has 3 amide bonds. The number of aliphatic imine (C=N–C) groups is 1. The molecular formula is C123H260N12O10. The van der Waals surface area contributed by atoms with E-state index in [-0.39, 0.29) is 12.1 Å². The maximum Gasteiger partial charge on any atom is 0.407 e. The summed E-state index contributed by atoms with van der Waals surface area (Å²) < 4.78 is 33.3. The molecule has 145 heavy (non-hydrogen) atoms. The SMILES string of the molecule is C1=CN=CC1.C1CCNC1.C1CCOC1.C1CCOCC1.C1CNCCN1.C1COCCN1.C1COCN1.CC(C)(C)C.CC(C)(C)C.CC(C)(C)C.CC(C)(C)C.CC(C)(C)C.CC(C)(C)C.CC(C)(C)C.CC(C)(C)C.CC(C)(C)C.CC(C)(C)C.CC(C)(C)C.CC(C)(C)C.CC(C)(C)C.CC(C)C.O=C1CCCC1.O=C1NCCN1.O=C1NCCO1.c1cc[nH]c1.c1cc[nH]c1.c1ccoc1.c1cocn1. The molecule has 1 aliphatic carbocycles. The Hall–Kier alpha value is -5.69. The van der Waals surface area contributed by atoms with Crippen molar-refractivity contribution in [1.29, 1.82) is 0 Å². The number of nitrogens with zero attached hydrogens (tertiary/aromatic N) is 2. The van der Waals surface area contributed by atoms with Crippen LogP contribution in [-0.4, -0.2) is 177 Å². The van der Waals surface area contributed by atoms with Crippen molar-refractivity contribution in [2.75, 3.05) is 138 Å². The number of rotatable bonds is 0. The first-order chi connectivity index (χ1) is 65.4. The summed E-state index contributed by atoms with van der Waals surface area (Å²) in [5, 5.41) is 23.4. The van der Waals surface area contributed by atoms with E-state index in [0.29, 0.717) is 89.3 Å². The standard InChI is InChI=1S/C5H10O.C5H8O.13C5H12.C4H10N2.C4H9NO.C4H9N.3C4H5N.C4H8O.C4H4O.C4H10.C3H6N2O.C3H5NO2.C3H7NO.C3H3NO/c1-2-4-6-5-3-1;6-5-3-1-2-4-5;13*1-5(2,3)4;1-2-6-4-3-5-1;1-3-6-4-2-5-1;6*1-2-4-5-3-1;1-4(2)3;6-3-4-1-2-5-3;5-3-4-1-2-6-3;2*1-2-5-3-4-1/h1-5H2;1-4H2;13*1-4H3;5-6H,1-4H2;5H,1-4H2;5H,1-4H2;1,3-4H,2H2;2*1-5H;1-4H2;1-4H;4H,1-3H3;1-2H2,(H2,4,5,6);1-2H2,(H,4,5);4H,1-3H2;1-3H. The van der Waals surface area contributed by atoms with Crippen LogP contribution in [0.4, 0.5) is 9.59 Å². The van der Waals surface area contributed by atoms with E-state index >= 15 is 0 Å². The van der Waals surface area contributed by atoms with E-state index in [1.54, 1.807) is 24.9 Å². The highest BCUT2D eigenvalue weighted by Crippen LogP contribution is 2.16. The number of carbonyl (C=O) groups excluding carboxylic acids is 3. The van der Waals surface area contributed by atoms with Crippen molar-refractivity contribution in [2.24, 2.45) is 81.3 Å². The first kappa shape index (κ1) is 170. The number of alkyl carbamates (subject to hydrolysis) is 1. The molecule has 13 heterocycles. The number of hydrogen-bond donors (Lipinski definition) is 10. The Labute approximate surface area is 905 Å². The number of nitrogens with one attached hydrogen (secondary N) is 10. The van der Waals surface area contributed by atoms with Gasteiger partial charge in [0.1, 0.15) is 18.7 Å². The van der Waals surface area contributed by atoms with Crippen molar-refractivity contribution in [2.45, 2.75) is 458 Å². The molecule has 8 saturated heterocycles. The topological polar surface area (TPSA) is 277 Å². The molecule has 0 spiro atoms. The summed E-state index contributed by atoms with van der Waals surface area (Å²) in [7, 11) is 0. The van der Waals surface area contributed by atoms with Crippen molar-refractivity contribution in [3.8, 4) is 0 Å². The lowest BCUT2D eigenvalue weighted by atomic mass is 10.0. The van der Waals surface area contributed by atoms with E-state index in [0.717, 1.165) is 150 Å². The summed E-state index contributed by atoms with van der Waals surface area (Å²) in [5.41, 5.74) is 6.50. The lowest BCUT2D eigenvalue weighted by Gasteiger charge is -2.11. The Morgan fingerprint density at radius 2 is 0.552 bits per heavy atom. The van der Waals surface area contributed by atoms with Gasteiger partial charge in [-0.1, -0.05) is 387 Å². The molecule has 0 atom stereocenters. The smallest absolute Gasteiger partial charge is 0.407 e. The number of piperazine rings is 1. The van der Waals surface area contributed by atoms with Gasteiger partial charge in [-0.2, -0.15) is 0 Å². The number of urea groups is 1. The Morgan fingerprint density at radius 1 is 0.276 bits per heavy atom. The van der Waals surface area contributed by atoms with Crippen molar-refractivity contribution in [3.05, 3.63) is 105 Å². The number of H-pyrrole nitrogens is 2. The molecule has 0 bridgehead atoms. The third-order valence-corrected chi connectivity index (χ3v) is 10.1. The van der Waals surface area contributed by atoms with Gasteiger partial charge in [-0.3, -0.25) is 15.1 Å². The number of aromatic nitrogens is 3. The fourth-order valence-corrected chi connectivity index (χ4v) is 6.10. The quantitative estimate of drug-likeness (QED) is 0.0784. The van der Waals surface area contributed by atoms with Gasteiger partial charge >= 0.3 is 12.1 Å². The number of amides is 3. The number of cyclic esters (lactones) is 1. The number of carbonyl (C=O) groups is 3. The van der Waals surface area contributed by atoms with Crippen molar-refractivity contribution >= 4 is 24.1 Å². The number of furan rings is 1. The van der Waals surface area contributed by atoms with Crippen LogP contribution in [0.3, 0.4) is 0 Å². The number of ether oxygens (including phenoxy) is 5. The van der Waals surface area contributed by atoms with E-state index in [4.69, 9.17) is 18.9 Å². The number of aromatic amines is 2. The minimum atomic E-state index is -0.296. The first-order valence-electron chi connectivity index (χ1n) is 54.8. The maximum atomic E-state index is 10.2. The summed E-state index contributed by atoms with van der Waals surface area (Å²) >= 11 is 0. The van der Waals surface area contributed by atoms with Crippen LogP contribution in [0.25, 0.3) is 0 Å². The average molecular weight is 2070 g/mol. The monoisotopic (exact) mass is 2070 g/mol. The van der Waals surface area contributed by atoms with Crippen molar-refractivity contribution < 1.29 is 46.9 Å². The zero-order valence-electron chi connectivity index (χ0n) is 107. The molecular weight excluding hydrogens is 1810 g/mol. The third kappa shape index (κ3) is 478. The molecule has 14 rings (SSSR count). The summed E-state index contributed by atoms with van der Waals surface area (Å²) in [4.78, 5) is 43.2. The van der Waals surface area contributed by atoms with Gasteiger partial charge in [0.05, 0.1) is 51.8 Å². The molecule has 22 heteroatoms. The van der Waals surface area contributed by atoms with Crippen LogP contribution in [0.15, 0.2) is 119 Å². The predicted molar refractivity (Wildman–Crippen MR) is 646 cm³/mol. The highest BCUT2D eigenvalue weighted by atomic mass is 16.6. The van der Waals surface area contributed by atoms with Gasteiger partial charge in [-0.15, -0.1) is 0 Å². The Balaban J connectivity index is -0.000000102. The number of morpholine rings is 1. The van der Waals surface area contributed by atoms with Crippen molar-refractivity contribution in [1.82, 2.24) is 57.5 Å². The molecule has 4 aromatic rings. The zero-order chi connectivity index (χ0) is 116. The maximum absolute atomic E-state index is 10.2. The second-order valence-electron chi connectivity index (χ2n) is 57.3. The number of ketones is 1. The average Bonchev–Trinajstić information content (AvgIpc) is 1.90. The van der Waals surface area contributed by atoms with Gasteiger partial charge in [-0.05, 0) is 184 Å². The zero-order valence-corrected chi connectivity index (χ0v) is 107. The fraction of sp³-hybridized carbons (Fsp3) is 0.829. The lowest BCUT2D eigenvalue weighted by molar-refractivity contribution is -0.117. The Bertz CT molecular complexity index is 2310. The first-order valence-corrected chi connectivity index (χ1v) is 54.8. The highest BCUT2D eigenvalue weighted by Gasteiger charge is 2.10. The molecule has 4 aromatic heterocycles. The van der Waals surface area contributed by atoms with Gasteiger partial charge in [0.2, 0.25) is 0 Å². The van der Waals surface area contributed by atoms with Gasteiger partial charge in [0.15, 0.2) is 6.39 Å². The van der Waals surface area contributed by atoms with Crippen LogP contribution in [0.1, 0.15) is 458 Å². The van der Waals surface area contributed by atoms with Gasteiger partial charge in [0.25, 0.3) is 0 Å². The summed E-state index contributed by atoms with van der Waals surface area (Å²) in [6, 6.07) is 11.4. The van der Waals surface area contributed by atoms with E-state index in [1.807, 2.05) is 73.5 Å². The summed E-state index contributed by atoms with van der Waals surface area (Å²) in [6.45, 7) is 141. The van der Waals surface area contributed by atoms with Crippen LogP contribution in [-0.2, 0) is 28.5 Å². The number of oxazole rings is 1. The van der Waals surface area contributed by atoms with E-state index in [2.05, 4.69) is 457 Å². The predicted octanol–water partition coefficient (Wildman–Crippen LogP) is 34.2. The number of Topliss-reactive ketones (excluding diaryl/α,β-unsaturated/α-hetero) is 1. The minimum absolute atomic E-state index is 0.0463. The highest BCUT2D eigenvalue weighted by molar-refractivity contribution is 5.80. The third-order valence-electron chi connectivity index (χ3n) is 10.1. The van der Waals surface area contributed by atoms with Crippen LogP contribution in [0, 0.1) is 76.3 Å². The van der Waals surface area contributed by atoms with E-state index in [9.17, 15) is 14.4 Å². The lowest BCUT2D eigenvalue weighted by Crippen LogP contribution is -2.39. The molecule has 0 aromatic carbocycles. The molecule has 0 radical (unpaired) electrons. The summed E-state index contributed by atoms with van der Waals surface area (Å²) in [6.07, 6.45) is 34.9. The molecule has 9 aliphatic heterocycles. The fourth-order valence-electron chi connectivity index (χ4n) is 6.10. The second kappa shape index (κ2) is 110. The van der Waals surface area contributed by atoms with Crippen LogP contribution < -0.4 is 42.5 Å². The van der Waals surface area contributed by atoms with Gasteiger partial charge in [-0.25, -0.2) is 14.6 Å². The van der Waals surface area contributed by atoms with E-state index in [1.165, 1.54) is 70.7 Å². The van der Waals surface area contributed by atoms with Crippen molar-refractivity contribution in [3.63, 3.8) is 0 Å². The molecule has 10 N–H and O–H groups in total. The number of hydrogen-bond acceptors (Lipinski definition) is 17. The van der Waals surface area contributed by atoms with Crippen LogP contribution >= 0.6 is 0 Å². The van der Waals surface area contributed by atoms with Crippen LogP contribution in [0.2, 0.25) is 0 Å². The molecule has 10 aliphatic rings.